The lowest BCUT2D eigenvalue weighted by Crippen LogP contribution is -2.37. The van der Waals surface area contributed by atoms with Crippen molar-refractivity contribution >= 4 is 11.5 Å². The summed E-state index contributed by atoms with van der Waals surface area (Å²) < 4.78 is 12.0. The molecule has 1 saturated heterocycles. The molecule has 1 aliphatic rings. The van der Waals surface area contributed by atoms with Crippen LogP contribution in [0, 0.1) is 0 Å². The van der Waals surface area contributed by atoms with Gasteiger partial charge in [0.1, 0.15) is 11.5 Å². The van der Waals surface area contributed by atoms with Crippen molar-refractivity contribution in [2.75, 3.05) is 26.4 Å². The van der Waals surface area contributed by atoms with Gasteiger partial charge in [-0.15, -0.1) is 0 Å². The Bertz CT molecular complexity index is 671. The van der Waals surface area contributed by atoms with Crippen molar-refractivity contribution in [3.05, 3.63) is 29.8 Å². The Kier molecular flexibility index (Phi) is 8.84. The highest BCUT2D eigenvalue weighted by Crippen LogP contribution is 2.35. The molecule has 2 rings (SSSR count). The summed E-state index contributed by atoms with van der Waals surface area (Å²) in [6.45, 7) is 12.0. The Labute approximate surface area is 169 Å². The number of amides is 1. The lowest BCUT2D eigenvalue weighted by Gasteiger charge is -2.25. The van der Waals surface area contributed by atoms with E-state index in [-0.39, 0.29) is 18.6 Å². The number of hydrogen-bond donors (Lipinski definition) is 1. The Morgan fingerprint density at radius 2 is 1.75 bits per heavy atom. The van der Waals surface area contributed by atoms with Crippen LogP contribution in [0.5, 0.6) is 11.5 Å². The topological polar surface area (TPSA) is 59.0 Å². The fourth-order valence-corrected chi connectivity index (χ4v) is 3.40. The van der Waals surface area contributed by atoms with Gasteiger partial charge in [0.15, 0.2) is 0 Å². The maximum absolute atomic E-state index is 13.3. The van der Waals surface area contributed by atoms with E-state index >= 15 is 0 Å². The third kappa shape index (κ3) is 5.51. The Morgan fingerprint density at radius 1 is 1.14 bits per heavy atom. The molecule has 0 unspecified atom stereocenters. The average Bonchev–Trinajstić information content (AvgIpc) is 3.16. The van der Waals surface area contributed by atoms with Crippen LogP contribution in [0.1, 0.15) is 75.2 Å². The van der Waals surface area contributed by atoms with Crippen molar-refractivity contribution in [2.45, 2.75) is 65.3 Å². The van der Waals surface area contributed by atoms with E-state index < -0.39 is 0 Å². The molecule has 1 fully saturated rings. The van der Waals surface area contributed by atoms with Crippen LogP contribution in [0.25, 0.3) is 5.57 Å². The number of carbonyl (C=O) groups excluding carboxylic acids is 1. The van der Waals surface area contributed by atoms with Crippen molar-refractivity contribution in [3.8, 4) is 11.5 Å². The first-order chi connectivity index (χ1) is 13.5. The van der Waals surface area contributed by atoms with Crippen molar-refractivity contribution < 1.29 is 19.4 Å². The van der Waals surface area contributed by atoms with Crippen LogP contribution in [0.15, 0.2) is 18.7 Å². The highest BCUT2D eigenvalue weighted by molar-refractivity contribution is 5.98. The minimum absolute atomic E-state index is 0.0106. The smallest absolute Gasteiger partial charge is 0.257 e. The van der Waals surface area contributed by atoms with Gasteiger partial charge >= 0.3 is 0 Å². The van der Waals surface area contributed by atoms with Gasteiger partial charge in [-0.05, 0) is 44.2 Å². The van der Waals surface area contributed by atoms with Gasteiger partial charge in [0.05, 0.1) is 31.4 Å². The van der Waals surface area contributed by atoms with Crippen LogP contribution in [0.2, 0.25) is 0 Å². The maximum atomic E-state index is 13.3. The molecule has 5 heteroatoms. The van der Waals surface area contributed by atoms with Crippen LogP contribution >= 0.6 is 0 Å². The van der Waals surface area contributed by atoms with Crippen LogP contribution in [0.3, 0.4) is 0 Å². The van der Waals surface area contributed by atoms with Crippen LogP contribution in [0.4, 0.5) is 0 Å². The standard InChI is InChI=1S/C23H35NO4/c1-5-7-12-27-21-15-22(28-13-8-6-2)20(14-19(21)17(3)4)23(26)24-11-9-10-18(24)16-25/h14-15,18,25H,3,5-13,16H2,1-2,4H3/t18-/m1/s1. The Hall–Kier alpha value is -2.01. The molecule has 0 radical (unpaired) electrons. The molecule has 0 aliphatic carbocycles. The number of hydrogen-bond acceptors (Lipinski definition) is 4. The fraction of sp³-hybridized carbons (Fsp3) is 0.609. The molecule has 0 bridgehead atoms. The van der Waals surface area contributed by atoms with Gasteiger partial charge in [0, 0.05) is 18.2 Å². The van der Waals surface area contributed by atoms with Crippen molar-refractivity contribution in [3.63, 3.8) is 0 Å². The third-order valence-corrected chi connectivity index (χ3v) is 5.13. The predicted molar refractivity (Wildman–Crippen MR) is 113 cm³/mol. The second kappa shape index (κ2) is 11.1. The summed E-state index contributed by atoms with van der Waals surface area (Å²) in [5.41, 5.74) is 2.21. The summed E-state index contributed by atoms with van der Waals surface area (Å²) in [5.74, 6) is 1.17. The summed E-state index contributed by atoms with van der Waals surface area (Å²) >= 11 is 0. The normalized spacial score (nSPS) is 16.3. The van der Waals surface area contributed by atoms with Crippen LogP contribution in [-0.2, 0) is 0 Å². The summed E-state index contributed by atoms with van der Waals surface area (Å²) in [5, 5.41) is 9.62. The number of benzene rings is 1. The van der Waals surface area contributed by atoms with Gasteiger partial charge in [0.2, 0.25) is 0 Å². The maximum Gasteiger partial charge on any atom is 0.257 e. The predicted octanol–water partition coefficient (Wildman–Crippen LogP) is 4.67. The molecule has 0 aromatic heterocycles. The van der Waals surface area contributed by atoms with Crippen LogP contribution < -0.4 is 9.47 Å². The van der Waals surface area contributed by atoms with Gasteiger partial charge in [-0.2, -0.15) is 0 Å². The molecule has 1 amide bonds. The summed E-state index contributed by atoms with van der Waals surface area (Å²) in [7, 11) is 0. The lowest BCUT2D eigenvalue weighted by atomic mass is 10.0. The molecule has 1 atom stereocenters. The lowest BCUT2D eigenvalue weighted by molar-refractivity contribution is 0.0673. The Morgan fingerprint density at radius 3 is 2.29 bits per heavy atom. The molecular weight excluding hydrogens is 354 g/mol. The minimum Gasteiger partial charge on any atom is -0.493 e. The number of allylic oxidation sites excluding steroid dienone is 1. The average molecular weight is 390 g/mol. The van der Waals surface area contributed by atoms with E-state index in [1.54, 1.807) is 4.90 Å². The Balaban J connectivity index is 2.40. The molecular formula is C23H35NO4. The van der Waals surface area contributed by atoms with E-state index in [9.17, 15) is 9.90 Å². The van der Waals surface area contributed by atoms with Crippen molar-refractivity contribution in [1.29, 1.82) is 0 Å². The van der Waals surface area contributed by atoms with Gasteiger partial charge in [-0.1, -0.05) is 33.3 Å². The second-order valence-corrected chi connectivity index (χ2v) is 7.51. The largest absolute Gasteiger partial charge is 0.493 e. The first-order valence-corrected chi connectivity index (χ1v) is 10.5. The monoisotopic (exact) mass is 389 g/mol. The minimum atomic E-state index is -0.121. The van der Waals surface area contributed by atoms with E-state index in [4.69, 9.17) is 9.47 Å². The summed E-state index contributed by atoms with van der Waals surface area (Å²) in [6, 6.07) is 3.57. The summed E-state index contributed by atoms with van der Waals surface area (Å²) in [6.07, 6.45) is 5.70. The molecule has 1 heterocycles. The van der Waals surface area contributed by atoms with Gasteiger partial charge in [-0.3, -0.25) is 4.79 Å². The third-order valence-electron chi connectivity index (χ3n) is 5.13. The molecule has 156 valence electrons. The second-order valence-electron chi connectivity index (χ2n) is 7.51. The zero-order valence-electron chi connectivity index (χ0n) is 17.6. The number of carbonyl (C=O) groups is 1. The van der Waals surface area contributed by atoms with Crippen molar-refractivity contribution in [1.82, 2.24) is 4.90 Å². The molecule has 5 nitrogen and oxygen atoms in total. The molecule has 1 N–H and O–H groups in total. The molecule has 1 aliphatic heterocycles. The fourth-order valence-electron chi connectivity index (χ4n) is 3.40. The highest BCUT2D eigenvalue weighted by Gasteiger charge is 2.31. The van der Waals surface area contributed by atoms with E-state index in [0.29, 0.717) is 36.8 Å². The van der Waals surface area contributed by atoms with Crippen molar-refractivity contribution in [2.24, 2.45) is 0 Å². The van der Waals surface area contributed by atoms with Gasteiger partial charge < -0.3 is 19.5 Å². The quantitative estimate of drug-likeness (QED) is 0.559. The van der Waals surface area contributed by atoms with Gasteiger partial charge in [-0.25, -0.2) is 0 Å². The molecule has 28 heavy (non-hydrogen) atoms. The SMILES string of the molecule is C=C(C)c1cc(C(=O)N2CCC[C@@H]2CO)c(OCCCC)cc1OCCCC. The van der Waals surface area contributed by atoms with E-state index in [1.807, 2.05) is 19.1 Å². The number of aliphatic hydroxyl groups is 1. The van der Waals surface area contributed by atoms with Gasteiger partial charge in [0.25, 0.3) is 5.91 Å². The number of nitrogens with zero attached hydrogens (tertiary/aromatic N) is 1. The molecule has 1 aromatic carbocycles. The number of rotatable bonds is 11. The van der Waals surface area contributed by atoms with E-state index in [2.05, 4.69) is 20.4 Å². The molecule has 0 spiro atoms. The molecule has 1 aromatic rings. The number of ether oxygens (including phenoxy) is 2. The zero-order valence-corrected chi connectivity index (χ0v) is 17.6. The first-order valence-electron chi connectivity index (χ1n) is 10.5. The summed E-state index contributed by atoms with van der Waals surface area (Å²) in [4.78, 5) is 15.0. The van der Waals surface area contributed by atoms with Crippen LogP contribution in [-0.4, -0.2) is 48.3 Å². The number of aliphatic hydroxyl groups excluding tert-OH is 1. The number of likely N-dealkylation sites (tertiary alicyclic amines) is 1. The highest BCUT2D eigenvalue weighted by atomic mass is 16.5. The molecule has 0 saturated carbocycles. The first kappa shape index (κ1) is 22.3. The van der Waals surface area contributed by atoms with E-state index in [0.717, 1.165) is 49.7 Å². The zero-order chi connectivity index (χ0) is 20.5. The van der Waals surface area contributed by atoms with E-state index in [1.165, 1.54) is 0 Å². The number of unbranched alkanes of at least 4 members (excludes halogenated alkanes) is 2.